The zero-order chi connectivity index (χ0) is 61.2. The van der Waals surface area contributed by atoms with E-state index in [4.69, 9.17) is 24.5 Å². The third kappa shape index (κ3) is 5.83. The minimum absolute atomic E-state index is 0.105. The van der Waals surface area contributed by atoms with Crippen LogP contribution in [0, 0.1) is 0 Å². The molecule has 0 unspecified atom stereocenters. The van der Waals surface area contributed by atoms with Crippen molar-refractivity contribution in [2.75, 3.05) is 0 Å². The normalized spacial score (nSPS) is 17.0. The SMILES string of the molecule is [2H]c1c([2H])c([2H])c2c(c1[2H])Oc1c([2H])c(-c3cccc([Si](c4ccccc4)(c4ccccc4)c4ccccc4)c3)c([2H])c3c1B2Oc1c([2H])c([2H])c(-c2c([2H])c([2H])c([2H])c([2H])c2-n2c4c([2H])c([2H])c([2H])c([2H])c4c4c([2H])c([2H])c([2H])c([2H])c42)c([2H])c1-3. The molecule has 1 aromatic heterocycles. The quantitative estimate of drug-likeness (QED) is 0.118. The molecule has 0 atom stereocenters. The van der Waals surface area contributed by atoms with Crippen LogP contribution >= 0.6 is 0 Å². The minimum atomic E-state index is -3.34. The van der Waals surface area contributed by atoms with Crippen LogP contribution in [0.2, 0.25) is 0 Å². The average molecular weight is 867 g/mol. The molecular weight excluding hydrogens is 806 g/mol. The largest absolute Gasteiger partial charge is 0.551 e. The molecule has 2 aliphatic heterocycles. The summed E-state index contributed by atoms with van der Waals surface area (Å²) in [5, 5.41) is 2.92. The smallest absolute Gasteiger partial charge is 0.434 e. The van der Waals surface area contributed by atoms with Gasteiger partial charge in [-0.1, -0.05) is 194 Å². The maximum atomic E-state index is 10.5. The van der Waals surface area contributed by atoms with Gasteiger partial charge in [0.05, 0.1) is 45.5 Å². The van der Waals surface area contributed by atoms with E-state index in [1.54, 1.807) is 12.1 Å². The summed E-state index contributed by atoms with van der Waals surface area (Å²) in [6, 6.07) is 20.9. The third-order valence-electron chi connectivity index (χ3n) is 12.1. The summed E-state index contributed by atoms with van der Waals surface area (Å²) in [7, 11) is -3.34. The van der Waals surface area contributed by atoms with Gasteiger partial charge in [0.2, 0.25) is 0 Å². The standard InChI is InChI=1S/C60H40BNO2Si/c1-4-20-44(21-5-1)65(45-22-6-2-7-23-45,46-24-8-3-9-25-46)47-26-18-19-41(37-47)43-39-52-51-38-42(35-36-57(51)64-61-53-30-13-17-34-58(53)63-59(40-43)60(52)61)48-27-10-14-31-54(48)62-55-32-15-11-28-49(55)50-29-12-16-33-56(50)62/h1-40H/i10D,11D,12D,13D,14D,15D,16D,17D,27D,28D,29D,30D,31D,32D,33D,34D,35D,36D,38D,39D,40D. The van der Waals surface area contributed by atoms with E-state index in [-0.39, 0.29) is 27.8 Å². The predicted octanol–water partition coefficient (Wildman–Crippen LogP) is 10.8. The molecule has 0 spiro atoms. The van der Waals surface area contributed by atoms with Crippen LogP contribution in [0.5, 0.6) is 17.2 Å². The molecule has 0 saturated heterocycles. The van der Waals surface area contributed by atoms with E-state index in [1.165, 1.54) is 0 Å². The number of hydrogen-bond donors (Lipinski definition) is 0. The molecular formula is C60H40BNO2Si. The van der Waals surface area contributed by atoms with Crippen molar-refractivity contribution in [1.29, 1.82) is 0 Å². The summed E-state index contributed by atoms with van der Waals surface area (Å²) >= 11 is 0. The van der Waals surface area contributed by atoms with E-state index < -0.39 is 198 Å². The summed E-state index contributed by atoms with van der Waals surface area (Å²) in [6.07, 6.45) is 0. The van der Waals surface area contributed by atoms with E-state index in [2.05, 4.69) is 36.4 Å². The molecule has 65 heavy (non-hydrogen) atoms. The summed E-state index contributed by atoms with van der Waals surface area (Å²) in [4.78, 5) is 0. The van der Waals surface area contributed by atoms with E-state index >= 15 is 0 Å². The minimum Gasteiger partial charge on any atom is -0.551 e. The first kappa shape index (κ1) is 22.0. The second-order valence-electron chi connectivity index (χ2n) is 15.5. The molecule has 0 saturated carbocycles. The second-order valence-corrected chi connectivity index (χ2v) is 19.3. The Labute approximate surface area is 409 Å². The van der Waals surface area contributed by atoms with Crippen LogP contribution in [0.15, 0.2) is 242 Å². The molecule has 0 N–H and O–H groups in total. The van der Waals surface area contributed by atoms with E-state index in [0.717, 1.165) is 25.3 Å². The van der Waals surface area contributed by atoms with Crippen molar-refractivity contribution in [3.05, 3.63) is 242 Å². The molecule has 0 amide bonds. The van der Waals surface area contributed by atoms with Gasteiger partial charge in [-0.3, -0.25) is 0 Å². The highest BCUT2D eigenvalue weighted by Gasteiger charge is 2.43. The highest BCUT2D eigenvalue weighted by molar-refractivity contribution is 7.19. The summed E-state index contributed by atoms with van der Waals surface area (Å²) in [6.45, 7) is -1.68. The fraction of sp³-hybridized carbons (Fsp3) is 0. The van der Waals surface area contributed by atoms with Crippen molar-refractivity contribution >= 4 is 68.5 Å². The molecule has 3 nitrogen and oxygen atoms in total. The van der Waals surface area contributed by atoms with Crippen molar-refractivity contribution in [2.24, 2.45) is 0 Å². The molecule has 0 radical (unpaired) electrons. The van der Waals surface area contributed by atoms with Gasteiger partial charge in [0.15, 0.2) is 8.07 Å². The number of nitrogens with zero attached hydrogens (tertiary/aromatic N) is 1. The summed E-state index contributed by atoms with van der Waals surface area (Å²) in [5.41, 5.74) is -4.23. The van der Waals surface area contributed by atoms with Crippen LogP contribution in [0.25, 0.3) is 60.9 Å². The monoisotopic (exact) mass is 866 g/mol. The van der Waals surface area contributed by atoms with Crippen LogP contribution in [-0.4, -0.2) is 19.6 Å². The zero-order valence-corrected chi connectivity index (χ0v) is 34.8. The maximum absolute atomic E-state index is 10.5. The molecule has 3 heterocycles. The fourth-order valence-corrected chi connectivity index (χ4v) is 14.1. The van der Waals surface area contributed by atoms with Crippen LogP contribution < -0.4 is 41.1 Å². The molecule has 2 aliphatic rings. The van der Waals surface area contributed by atoms with Gasteiger partial charge in [0, 0.05) is 32.8 Å². The van der Waals surface area contributed by atoms with Gasteiger partial charge >= 0.3 is 6.92 Å². The van der Waals surface area contributed by atoms with Gasteiger partial charge in [-0.15, -0.1) is 0 Å². The van der Waals surface area contributed by atoms with Crippen LogP contribution in [-0.2, 0) is 0 Å². The van der Waals surface area contributed by atoms with Crippen molar-refractivity contribution in [3.8, 4) is 56.3 Å². The Bertz CT molecular complexity index is 4680. The molecule has 0 bridgehead atoms. The molecule has 13 rings (SSSR count). The highest BCUT2D eigenvalue weighted by atomic mass is 28.3. The Morgan fingerprint density at radius 1 is 0.431 bits per heavy atom. The summed E-state index contributed by atoms with van der Waals surface area (Å²) < 4.78 is 209. The van der Waals surface area contributed by atoms with E-state index in [0.29, 0.717) is 5.56 Å². The first-order valence-corrected chi connectivity index (χ1v) is 22.6. The maximum Gasteiger partial charge on any atom is 0.434 e. The lowest BCUT2D eigenvalue weighted by atomic mass is 9.50. The van der Waals surface area contributed by atoms with Crippen LogP contribution in [0.3, 0.4) is 0 Å². The Morgan fingerprint density at radius 3 is 1.71 bits per heavy atom. The van der Waals surface area contributed by atoms with Gasteiger partial charge in [-0.25, -0.2) is 0 Å². The molecule has 304 valence electrons. The van der Waals surface area contributed by atoms with Gasteiger partial charge in [-0.05, 0) is 91.3 Å². The fourth-order valence-electron chi connectivity index (χ4n) is 9.30. The first-order valence-electron chi connectivity index (χ1n) is 31.1. The molecule has 10 aromatic carbocycles. The summed E-state index contributed by atoms with van der Waals surface area (Å²) in [5.74, 6) is -1.34. The number of benzene rings is 10. The lowest BCUT2D eigenvalue weighted by Crippen LogP contribution is -2.74. The number of rotatable bonds is 7. The second kappa shape index (κ2) is 15.0. The Morgan fingerprint density at radius 2 is 1.02 bits per heavy atom. The number of para-hydroxylation sites is 4. The number of aromatic nitrogens is 1. The van der Waals surface area contributed by atoms with Gasteiger partial charge < -0.3 is 14.0 Å². The number of fused-ring (bicyclic) bond motifs is 7. The van der Waals surface area contributed by atoms with Crippen LogP contribution in [0.1, 0.15) is 28.8 Å². The van der Waals surface area contributed by atoms with E-state index in [9.17, 15) is 13.7 Å². The van der Waals surface area contributed by atoms with Crippen molar-refractivity contribution in [2.45, 2.75) is 0 Å². The zero-order valence-electron chi connectivity index (χ0n) is 54.8. The molecule has 0 aliphatic carbocycles. The number of hydrogen-bond acceptors (Lipinski definition) is 2. The topological polar surface area (TPSA) is 23.4 Å². The molecule has 5 heteroatoms. The lowest BCUT2D eigenvalue weighted by molar-refractivity contribution is 0.479. The predicted molar refractivity (Wildman–Crippen MR) is 273 cm³/mol. The first-order chi connectivity index (χ1) is 41.0. The lowest BCUT2D eigenvalue weighted by Gasteiger charge is -2.35. The average Bonchev–Trinajstić information content (AvgIpc) is 1.10. The van der Waals surface area contributed by atoms with Gasteiger partial charge in [-0.2, -0.15) is 0 Å². The Kier molecular flexibility index (Phi) is 5.08. The molecule has 11 aromatic rings. The van der Waals surface area contributed by atoms with Gasteiger partial charge in [0.25, 0.3) is 0 Å². The van der Waals surface area contributed by atoms with Crippen molar-refractivity contribution < 1.29 is 38.2 Å². The van der Waals surface area contributed by atoms with Gasteiger partial charge in [0.1, 0.15) is 17.2 Å². The number of ether oxygens (including phenoxy) is 1. The van der Waals surface area contributed by atoms with Crippen LogP contribution in [0.4, 0.5) is 0 Å². The highest BCUT2D eigenvalue weighted by Crippen LogP contribution is 2.44. The van der Waals surface area contributed by atoms with Crippen molar-refractivity contribution in [1.82, 2.24) is 4.57 Å². The van der Waals surface area contributed by atoms with E-state index in [1.807, 2.05) is 66.7 Å². The Balaban J connectivity index is 1.17. The molecule has 0 fully saturated rings. The Hall–Kier alpha value is -8.12. The third-order valence-corrected chi connectivity index (χ3v) is 16.8. The van der Waals surface area contributed by atoms with Crippen molar-refractivity contribution in [3.63, 3.8) is 0 Å².